The van der Waals surface area contributed by atoms with Crippen LogP contribution < -0.4 is 5.32 Å². The molecule has 1 aromatic rings. The molecule has 1 atom stereocenters. The highest BCUT2D eigenvalue weighted by atomic mass is 16.5. The number of likely N-dealkylation sites (N-methyl/N-ethyl adjacent to an activating group) is 1. The van der Waals surface area contributed by atoms with Crippen LogP contribution in [-0.2, 0) is 18.2 Å². The van der Waals surface area contributed by atoms with Crippen LogP contribution in [0.1, 0.15) is 51.1 Å². The van der Waals surface area contributed by atoms with E-state index < -0.39 is 0 Å². The molecule has 0 bridgehead atoms. The van der Waals surface area contributed by atoms with Gasteiger partial charge in [0.1, 0.15) is 0 Å². The molecule has 1 heterocycles. The molecule has 1 unspecified atom stereocenters. The predicted octanol–water partition coefficient (Wildman–Crippen LogP) is 2.68. The molecule has 0 aliphatic heterocycles. The number of ether oxygens (including phenoxy) is 1. The Labute approximate surface area is 122 Å². The summed E-state index contributed by atoms with van der Waals surface area (Å²) in [6, 6.07) is 2.55. The van der Waals surface area contributed by atoms with Crippen LogP contribution in [0.15, 0.2) is 12.3 Å². The molecular formula is C16H29N3O. The average molecular weight is 279 g/mol. The van der Waals surface area contributed by atoms with E-state index in [9.17, 15) is 0 Å². The van der Waals surface area contributed by atoms with Crippen molar-refractivity contribution in [1.29, 1.82) is 0 Å². The first-order chi connectivity index (χ1) is 9.72. The standard InChI is InChI=1S/C16H29N3O/c1-4-17-15(9-8-14-10-13-18-19(14)2)16(20-3)11-6-5-7-12-16/h10,13,15,17H,4-9,11-12H2,1-3H3. The molecule has 0 saturated heterocycles. The van der Waals surface area contributed by atoms with Crippen molar-refractivity contribution in [3.8, 4) is 0 Å². The van der Waals surface area contributed by atoms with Crippen molar-refractivity contribution < 1.29 is 4.74 Å². The zero-order valence-electron chi connectivity index (χ0n) is 13.2. The molecule has 2 rings (SSSR count). The van der Waals surface area contributed by atoms with Crippen LogP contribution in [0.4, 0.5) is 0 Å². The lowest BCUT2D eigenvalue weighted by atomic mass is 9.77. The van der Waals surface area contributed by atoms with Crippen LogP contribution in [0.5, 0.6) is 0 Å². The van der Waals surface area contributed by atoms with Gasteiger partial charge >= 0.3 is 0 Å². The SMILES string of the molecule is CCNC(CCc1ccnn1C)C1(OC)CCCCC1. The number of aromatic nitrogens is 2. The van der Waals surface area contributed by atoms with Crippen LogP contribution in [0.2, 0.25) is 0 Å². The van der Waals surface area contributed by atoms with Crippen molar-refractivity contribution in [2.24, 2.45) is 7.05 Å². The Morgan fingerprint density at radius 3 is 2.70 bits per heavy atom. The van der Waals surface area contributed by atoms with E-state index in [4.69, 9.17) is 4.74 Å². The third-order valence-electron chi connectivity index (χ3n) is 4.80. The highest BCUT2D eigenvalue weighted by molar-refractivity contribution is 5.03. The monoisotopic (exact) mass is 279 g/mol. The lowest BCUT2D eigenvalue weighted by molar-refractivity contribution is -0.0689. The Kier molecular flexibility index (Phi) is 5.61. The molecule has 20 heavy (non-hydrogen) atoms. The molecule has 1 aliphatic carbocycles. The third-order valence-corrected chi connectivity index (χ3v) is 4.80. The van der Waals surface area contributed by atoms with Gasteiger partial charge in [-0.3, -0.25) is 4.68 Å². The molecule has 4 heteroatoms. The fraction of sp³-hybridized carbons (Fsp3) is 0.812. The summed E-state index contributed by atoms with van der Waals surface area (Å²) < 4.78 is 7.98. The second-order valence-corrected chi connectivity index (χ2v) is 5.92. The Hall–Kier alpha value is -0.870. The van der Waals surface area contributed by atoms with Gasteiger partial charge in [0, 0.05) is 32.1 Å². The highest BCUT2D eigenvalue weighted by Gasteiger charge is 2.39. The summed E-state index contributed by atoms with van der Waals surface area (Å²) in [5, 5.41) is 7.93. The maximum atomic E-state index is 6.01. The normalized spacial score (nSPS) is 19.9. The van der Waals surface area contributed by atoms with E-state index in [2.05, 4.69) is 23.4 Å². The molecule has 1 aliphatic rings. The molecule has 1 aromatic heterocycles. The largest absolute Gasteiger partial charge is 0.377 e. The van der Waals surface area contributed by atoms with Gasteiger partial charge in [-0.05, 0) is 38.3 Å². The highest BCUT2D eigenvalue weighted by Crippen LogP contribution is 2.35. The molecule has 0 amide bonds. The Balaban J connectivity index is 2.03. The summed E-state index contributed by atoms with van der Waals surface area (Å²) in [5.74, 6) is 0. The zero-order valence-corrected chi connectivity index (χ0v) is 13.2. The summed E-state index contributed by atoms with van der Waals surface area (Å²) >= 11 is 0. The first-order valence-corrected chi connectivity index (χ1v) is 7.97. The van der Waals surface area contributed by atoms with Gasteiger partial charge in [-0.2, -0.15) is 5.10 Å². The van der Waals surface area contributed by atoms with Gasteiger partial charge in [-0.25, -0.2) is 0 Å². The van der Waals surface area contributed by atoms with Crippen LogP contribution in [0.25, 0.3) is 0 Å². The topological polar surface area (TPSA) is 39.1 Å². The second kappa shape index (κ2) is 7.23. The van der Waals surface area contributed by atoms with E-state index in [-0.39, 0.29) is 5.60 Å². The number of aryl methyl sites for hydroxylation is 2. The molecule has 0 spiro atoms. The zero-order chi connectivity index (χ0) is 14.4. The third kappa shape index (κ3) is 3.41. The van der Waals surface area contributed by atoms with Gasteiger partial charge in [0.25, 0.3) is 0 Å². The second-order valence-electron chi connectivity index (χ2n) is 5.92. The smallest absolute Gasteiger partial charge is 0.0831 e. The van der Waals surface area contributed by atoms with Gasteiger partial charge in [-0.15, -0.1) is 0 Å². The average Bonchev–Trinajstić information content (AvgIpc) is 2.89. The number of hydrogen-bond acceptors (Lipinski definition) is 3. The number of methoxy groups -OCH3 is 1. The van der Waals surface area contributed by atoms with E-state index >= 15 is 0 Å². The summed E-state index contributed by atoms with van der Waals surface area (Å²) in [6.45, 7) is 3.18. The number of nitrogens with zero attached hydrogens (tertiary/aromatic N) is 2. The fourth-order valence-corrected chi connectivity index (χ4v) is 3.58. The minimum absolute atomic E-state index is 0.0346. The van der Waals surface area contributed by atoms with Crippen molar-refractivity contribution in [2.45, 2.75) is 63.5 Å². The number of rotatable bonds is 7. The summed E-state index contributed by atoms with van der Waals surface area (Å²) in [4.78, 5) is 0. The van der Waals surface area contributed by atoms with Gasteiger partial charge in [0.05, 0.1) is 5.60 Å². The number of hydrogen-bond donors (Lipinski definition) is 1. The maximum absolute atomic E-state index is 6.01. The van der Waals surface area contributed by atoms with Crippen LogP contribution in [-0.4, -0.2) is 35.1 Å². The number of nitrogens with one attached hydrogen (secondary N) is 1. The molecular weight excluding hydrogens is 250 g/mol. The molecule has 1 N–H and O–H groups in total. The van der Waals surface area contributed by atoms with Gasteiger partial charge < -0.3 is 10.1 Å². The Morgan fingerprint density at radius 2 is 2.15 bits per heavy atom. The van der Waals surface area contributed by atoms with Gasteiger partial charge in [-0.1, -0.05) is 26.2 Å². The van der Waals surface area contributed by atoms with E-state index in [1.807, 2.05) is 25.0 Å². The Bertz CT molecular complexity index is 396. The van der Waals surface area contributed by atoms with Crippen LogP contribution in [0.3, 0.4) is 0 Å². The van der Waals surface area contributed by atoms with Crippen molar-refractivity contribution in [2.75, 3.05) is 13.7 Å². The summed E-state index contributed by atoms with van der Waals surface area (Å²) in [5.41, 5.74) is 1.34. The van der Waals surface area contributed by atoms with Crippen LogP contribution in [0, 0.1) is 0 Å². The molecule has 0 aromatic carbocycles. The molecule has 1 fully saturated rings. The molecule has 0 radical (unpaired) electrons. The minimum atomic E-state index is 0.0346. The predicted molar refractivity (Wildman–Crippen MR) is 81.8 cm³/mol. The first kappa shape index (κ1) is 15.5. The van der Waals surface area contributed by atoms with Crippen molar-refractivity contribution in [3.63, 3.8) is 0 Å². The summed E-state index contributed by atoms with van der Waals surface area (Å²) in [7, 11) is 3.91. The summed E-state index contributed by atoms with van der Waals surface area (Å²) in [6.07, 6.45) is 10.4. The van der Waals surface area contributed by atoms with E-state index in [1.165, 1.54) is 37.8 Å². The van der Waals surface area contributed by atoms with Gasteiger partial charge in [0.15, 0.2) is 0 Å². The maximum Gasteiger partial charge on any atom is 0.0831 e. The molecule has 114 valence electrons. The van der Waals surface area contributed by atoms with Crippen LogP contribution >= 0.6 is 0 Å². The van der Waals surface area contributed by atoms with Crippen molar-refractivity contribution in [3.05, 3.63) is 18.0 Å². The minimum Gasteiger partial charge on any atom is -0.377 e. The molecule has 1 saturated carbocycles. The van der Waals surface area contributed by atoms with E-state index in [1.54, 1.807) is 0 Å². The van der Waals surface area contributed by atoms with E-state index in [0.717, 1.165) is 19.4 Å². The van der Waals surface area contributed by atoms with E-state index in [0.29, 0.717) is 6.04 Å². The lowest BCUT2D eigenvalue weighted by Gasteiger charge is -2.43. The molecule has 4 nitrogen and oxygen atoms in total. The quantitative estimate of drug-likeness (QED) is 0.834. The lowest BCUT2D eigenvalue weighted by Crippen LogP contribution is -2.53. The van der Waals surface area contributed by atoms with Crippen molar-refractivity contribution >= 4 is 0 Å². The Morgan fingerprint density at radius 1 is 1.40 bits per heavy atom. The van der Waals surface area contributed by atoms with Crippen molar-refractivity contribution in [1.82, 2.24) is 15.1 Å². The fourth-order valence-electron chi connectivity index (χ4n) is 3.58. The van der Waals surface area contributed by atoms with Gasteiger partial charge in [0.2, 0.25) is 0 Å². The first-order valence-electron chi connectivity index (χ1n) is 7.97.